The number of benzene rings is 2. The number of nitrogens with one attached hydrogen (secondary N) is 6. The smallest absolute Gasteiger partial charge is 0.410 e. The summed E-state index contributed by atoms with van der Waals surface area (Å²) < 4.78 is 12.3. The van der Waals surface area contributed by atoms with E-state index >= 15 is 4.79 Å². The normalized spacial score (nSPS) is 15.2. The minimum atomic E-state index is -1.11. The quantitative estimate of drug-likeness (QED) is 0.0195. The molecule has 0 radical (unpaired) electrons. The number of nitrogens with zero attached hydrogens (tertiary/aromatic N) is 4. The molecule has 1 aromatic heterocycles. The topological polar surface area (TPSA) is 347 Å². The molecule has 0 spiro atoms. The minimum Gasteiger partial charge on any atom is -0.481 e. The zero-order valence-corrected chi connectivity index (χ0v) is 58.9. The monoisotopic (exact) mass is 1360 g/mol. The van der Waals surface area contributed by atoms with E-state index in [0.29, 0.717) is 87.2 Å². The SMILES string of the molecule is CCCO[C@H](C[C@H](C(C)C)N(CCC)C(=O)[C@@H](NC(=O)C([C@@H](C)CC)N(C)C(=O)OCc1ccc(NC(=O)[C@H](CCCNC(N)=O)NC(=O)[C@@H](NC(=O)CCCCCN2C(=O)C=CC2=O)C(C)C)cc1)[C@@H](C)CC)c1nc(C(=O)N[C@@H](Cc2ccccc2)C[C@H](C)C(=O)O)cs1. The summed E-state index contributed by atoms with van der Waals surface area (Å²) in [5, 5.41) is 28.9. The zero-order valence-electron chi connectivity index (χ0n) is 58.1. The Bertz CT molecular complexity index is 3050. The first-order valence-electron chi connectivity index (χ1n) is 33.9. The Hall–Kier alpha value is -8.26. The number of unbranched alkanes of at least 4 members (excludes halogenated alkanes) is 2. The van der Waals surface area contributed by atoms with Crippen LogP contribution in [0, 0.1) is 29.6 Å². The second-order valence-electron chi connectivity index (χ2n) is 25.7. The van der Waals surface area contributed by atoms with Gasteiger partial charge in [0.1, 0.15) is 47.6 Å². The largest absolute Gasteiger partial charge is 0.481 e. The fraction of sp³-hybridized carbons (Fsp3) is 0.600. The first kappa shape index (κ1) is 80.2. The molecule has 4 rings (SSSR count). The Kier molecular flexibility index (Phi) is 34.2. The van der Waals surface area contributed by atoms with Crippen LogP contribution in [0.25, 0.3) is 0 Å². The van der Waals surface area contributed by atoms with E-state index in [0.717, 1.165) is 10.5 Å². The van der Waals surface area contributed by atoms with Gasteiger partial charge in [0.15, 0.2) is 0 Å². The van der Waals surface area contributed by atoms with Crippen molar-refractivity contribution in [1.82, 2.24) is 46.3 Å². The number of carboxylic acid groups (broad SMARTS) is 1. The van der Waals surface area contributed by atoms with Crippen molar-refractivity contribution in [3.63, 3.8) is 0 Å². The number of ether oxygens (including phenoxy) is 2. The molecule has 0 saturated heterocycles. The van der Waals surface area contributed by atoms with Crippen molar-refractivity contribution in [2.45, 2.75) is 209 Å². The number of carboxylic acids is 1. The van der Waals surface area contributed by atoms with Gasteiger partial charge in [0, 0.05) is 81.4 Å². The second kappa shape index (κ2) is 41.0. The van der Waals surface area contributed by atoms with E-state index in [1.807, 2.05) is 90.6 Å². The van der Waals surface area contributed by atoms with Crippen LogP contribution in [0.15, 0.2) is 72.1 Å². The average molecular weight is 1360 g/mol. The maximum atomic E-state index is 15.3. The first-order chi connectivity index (χ1) is 45.6. The van der Waals surface area contributed by atoms with Crippen molar-refractivity contribution in [2.75, 3.05) is 38.6 Å². The van der Waals surface area contributed by atoms with Gasteiger partial charge in [0.05, 0.1) is 5.92 Å². The molecule has 530 valence electrons. The second-order valence-corrected chi connectivity index (χ2v) is 26.5. The zero-order chi connectivity index (χ0) is 71.2. The van der Waals surface area contributed by atoms with E-state index in [1.54, 1.807) is 50.4 Å². The third-order valence-electron chi connectivity index (χ3n) is 17.2. The molecule has 1 aliphatic rings. The lowest BCUT2D eigenvalue weighted by atomic mass is 9.91. The predicted octanol–water partition coefficient (Wildman–Crippen LogP) is 8.43. The number of amides is 11. The van der Waals surface area contributed by atoms with E-state index in [4.69, 9.17) is 20.2 Å². The number of hydrogen-bond acceptors (Lipinski definition) is 15. The molecule has 10 atom stereocenters. The Morgan fingerprint density at radius 1 is 0.719 bits per heavy atom. The third-order valence-corrected chi connectivity index (χ3v) is 18.2. The van der Waals surface area contributed by atoms with Gasteiger partial charge in [-0.1, -0.05) is 138 Å². The summed E-state index contributed by atoms with van der Waals surface area (Å²) in [5.74, 6) is -6.41. The van der Waals surface area contributed by atoms with Gasteiger partial charge in [0.2, 0.25) is 29.5 Å². The fourth-order valence-electron chi connectivity index (χ4n) is 11.2. The average Bonchev–Trinajstić information content (AvgIpc) is 1.12. The van der Waals surface area contributed by atoms with Crippen LogP contribution < -0.4 is 37.6 Å². The molecule has 0 bridgehead atoms. The Morgan fingerprint density at radius 2 is 1.39 bits per heavy atom. The summed E-state index contributed by atoms with van der Waals surface area (Å²) in [6, 6.07) is 10.2. The van der Waals surface area contributed by atoms with Gasteiger partial charge in [-0.25, -0.2) is 14.6 Å². The van der Waals surface area contributed by atoms with Crippen molar-refractivity contribution >= 4 is 82.4 Å². The molecule has 1 unspecified atom stereocenters. The number of hydrogen-bond donors (Lipinski definition) is 8. The molecule has 1 aliphatic heterocycles. The van der Waals surface area contributed by atoms with Gasteiger partial charge in [-0.2, -0.15) is 0 Å². The lowest BCUT2D eigenvalue weighted by Crippen LogP contribution is -2.59. The van der Waals surface area contributed by atoms with E-state index < -0.39 is 90.0 Å². The summed E-state index contributed by atoms with van der Waals surface area (Å²) in [5.41, 5.74) is 7.26. The molecule has 0 fully saturated rings. The van der Waals surface area contributed by atoms with Crippen LogP contribution in [0.2, 0.25) is 0 Å². The molecular weight excluding hydrogens is 1250 g/mol. The molecular formula is C70H105N11O14S. The number of thiazole rings is 1. The number of urea groups is 1. The highest BCUT2D eigenvalue weighted by Crippen LogP contribution is 2.32. The Labute approximate surface area is 569 Å². The Morgan fingerprint density at radius 3 is 1.98 bits per heavy atom. The minimum absolute atomic E-state index is 0.0879. The number of primary amides is 1. The van der Waals surface area contributed by atoms with Crippen molar-refractivity contribution in [3.05, 3.63) is 94.0 Å². The number of nitrogens with two attached hydrogens (primary N) is 1. The van der Waals surface area contributed by atoms with Gasteiger partial charge >= 0.3 is 18.1 Å². The molecule has 2 heterocycles. The number of imide groups is 1. The van der Waals surface area contributed by atoms with Crippen LogP contribution in [-0.2, 0) is 60.9 Å². The molecule has 25 nitrogen and oxygen atoms in total. The molecule has 9 N–H and O–H groups in total. The number of aromatic nitrogens is 1. The van der Waals surface area contributed by atoms with Gasteiger partial charge in [0.25, 0.3) is 17.7 Å². The van der Waals surface area contributed by atoms with Crippen LogP contribution in [0.3, 0.4) is 0 Å². The molecule has 26 heteroatoms. The molecule has 96 heavy (non-hydrogen) atoms. The number of rotatable bonds is 43. The summed E-state index contributed by atoms with van der Waals surface area (Å²) in [6.45, 7) is 21.6. The van der Waals surface area contributed by atoms with E-state index in [-0.39, 0.29) is 98.4 Å². The number of anilines is 1. The van der Waals surface area contributed by atoms with Crippen LogP contribution in [0.4, 0.5) is 15.3 Å². The van der Waals surface area contributed by atoms with Crippen LogP contribution in [0.1, 0.15) is 186 Å². The van der Waals surface area contributed by atoms with Crippen molar-refractivity contribution < 1.29 is 67.3 Å². The number of aliphatic carboxylic acids is 1. The summed E-state index contributed by atoms with van der Waals surface area (Å²) >= 11 is 1.28. The Balaban J connectivity index is 1.45. The molecule has 11 amide bonds. The predicted molar refractivity (Wildman–Crippen MR) is 367 cm³/mol. The van der Waals surface area contributed by atoms with Crippen LogP contribution >= 0.6 is 11.3 Å². The highest BCUT2D eigenvalue weighted by Gasteiger charge is 2.40. The molecule has 0 aliphatic carbocycles. The maximum absolute atomic E-state index is 15.3. The molecule has 0 saturated carbocycles. The van der Waals surface area contributed by atoms with E-state index in [1.165, 1.54) is 35.4 Å². The lowest BCUT2D eigenvalue weighted by molar-refractivity contribution is -0.143. The molecule has 3 aromatic rings. The van der Waals surface area contributed by atoms with Crippen molar-refractivity contribution in [3.8, 4) is 0 Å². The van der Waals surface area contributed by atoms with Crippen LogP contribution in [0.5, 0.6) is 0 Å². The standard InChI is InChI=1S/C70H105N11O14S/c1-13-35-80(54(43(5)6)40-55(94-37-14-2)66-76-53(42-96-66)63(86)74-51(38-47(11)68(90)91)39-48-24-19-17-20-25-48)67(89)60(45(9)15-3)78-65(88)61(46(10)16-4)79(12)70(93)95-41-49-28-30-50(31-29-49)73-62(85)52(26-23-34-72-69(71)92)75-64(87)59(44(7)8)77-56(82)27-21-18-22-36-81-57(83)32-33-58(81)84/h17,19-20,24-25,28-33,42-47,51-52,54-55,59-61H,13-16,18,21-23,26-27,34-41H2,1-12H3,(H,73,85)(H,74,86)(H,75,87)(H,77,82)(H,78,88)(H,90,91)(H3,71,72,92)/t45-,46-,47-,51+,52-,54+,55+,59-,60-,61?/m0/s1. The van der Waals surface area contributed by atoms with Gasteiger partial charge in [-0.05, 0) is 98.3 Å². The van der Waals surface area contributed by atoms with Crippen LogP contribution in [-0.4, -0.2) is 160 Å². The van der Waals surface area contributed by atoms with E-state index in [2.05, 4.69) is 31.9 Å². The van der Waals surface area contributed by atoms with Crippen molar-refractivity contribution in [1.29, 1.82) is 0 Å². The molecule has 2 aromatic carbocycles. The summed E-state index contributed by atoms with van der Waals surface area (Å²) in [6.07, 6.45) is 6.27. The lowest BCUT2D eigenvalue weighted by Gasteiger charge is -2.40. The summed E-state index contributed by atoms with van der Waals surface area (Å²) in [7, 11) is 1.48. The van der Waals surface area contributed by atoms with Crippen molar-refractivity contribution in [2.24, 2.45) is 35.3 Å². The highest BCUT2D eigenvalue weighted by atomic mass is 32.1. The van der Waals surface area contributed by atoms with Gasteiger partial charge < -0.3 is 57.1 Å². The first-order valence-corrected chi connectivity index (χ1v) is 34.7. The summed E-state index contributed by atoms with van der Waals surface area (Å²) in [4.78, 5) is 155. The highest BCUT2D eigenvalue weighted by molar-refractivity contribution is 7.09. The van der Waals surface area contributed by atoms with Gasteiger partial charge in [-0.15, -0.1) is 11.3 Å². The number of likely N-dealkylation sites (N-methyl/N-ethyl adjacent to an activating group) is 1. The third kappa shape index (κ3) is 25.7. The van der Waals surface area contributed by atoms with Gasteiger partial charge in [-0.3, -0.25) is 53.0 Å². The maximum Gasteiger partial charge on any atom is 0.410 e. The number of carbonyl (C=O) groups excluding carboxylic acids is 10. The number of carbonyl (C=O) groups is 11. The fourth-order valence-corrected chi connectivity index (χ4v) is 12.1. The van der Waals surface area contributed by atoms with E-state index in [9.17, 15) is 53.1 Å².